The van der Waals surface area contributed by atoms with E-state index in [0.29, 0.717) is 6.10 Å². The van der Waals surface area contributed by atoms with Gasteiger partial charge in [-0.05, 0) is 51.4 Å². The molecule has 0 heterocycles. The smallest absolute Gasteiger partial charge is 0.184 e. The molecule has 0 N–H and O–H groups in total. The molecule has 1 atom stereocenters. The Balaban J connectivity index is 0.000000604. The van der Waals surface area contributed by atoms with Gasteiger partial charge >= 0.3 is 0 Å². The Morgan fingerprint density at radius 3 is 2.36 bits per heavy atom. The summed E-state index contributed by atoms with van der Waals surface area (Å²) in [5.41, 5.74) is 0. The number of carbonyl (C=O) groups excluding carboxylic acids is 1. The summed E-state index contributed by atoms with van der Waals surface area (Å²) < 4.78 is 6.22. The second-order valence-electron chi connectivity index (χ2n) is 6.87. The number of allylic oxidation sites excluding steroid dienone is 3. The molecule has 1 aliphatic carbocycles. The summed E-state index contributed by atoms with van der Waals surface area (Å²) in [6, 6.07) is 0. The summed E-state index contributed by atoms with van der Waals surface area (Å²) in [7, 11) is -1.37. The molecule has 22 heavy (non-hydrogen) atoms. The molecule has 0 aromatic heterocycles. The third kappa shape index (κ3) is 14.3. The van der Waals surface area contributed by atoms with E-state index >= 15 is 0 Å². The van der Waals surface area contributed by atoms with E-state index in [4.69, 9.17) is 4.43 Å². The fraction of sp³-hybridized carbons (Fsp3) is 0.737. The maximum atomic E-state index is 10.2. The predicted octanol–water partition coefficient (Wildman–Crippen LogP) is 6.05. The molecule has 0 fully saturated rings. The Bertz CT molecular complexity index is 340. The Labute approximate surface area is 139 Å². The summed E-state index contributed by atoms with van der Waals surface area (Å²) in [6.45, 7) is 11.3. The van der Waals surface area contributed by atoms with E-state index in [1.807, 2.05) is 6.08 Å². The molecule has 0 saturated heterocycles. The Kier molecular flexibility index (Phi) is 12.4. The number of carbonyl (C=O) groups is 1. The van der Waals surface area contributed by atoms with Crippen LogP contribution in [0.3, 0.4) is 0 Å². The zero-order valence-electron chi connectivity index (χ0n) is 15.4. The van der Waals surface area contributed by atoms with Crippen LogP contribution >= 0.6 is 0 Å². The molecule has 0 radical (unpaired) electrons. The van der Waals surface area contributed by atoms with Crippen LogP contribution in [0.25, 0.3) is 0 Å². The molecular weight excluding hydrogens is 288 g/mol. The average molecular weight is 325 g/mol. The summed E-state index contributed by atoms with van der Waals surface area (Å²) in [6.07, 6.45) is 17.6. The average Bonchev–Trinajstić information content (AvgIpc) is 2.89. The van der Waals surface area contributed by atoms with Crippen molar-refractivity contribution < 1.29 is 9.22 Å². The summed E-state index contributed by atoms with van der Waals surface area (Å²) in [5, 5.41) is 0. The molecule has 1 rings (SSSR count). The molecule has 1 aliphatic rings. The van der Waals surface area contributed by atoms with Crippen molar-refractivity contribution in [2.24, 2.45) is 0 Å². The van der Waals surface area contributed by atoms with E-state index < -0.39 is 8.32 Å². The Morgan fingerprint density at radius 1 is 1.23 bits per heavy atom. The van der Waals surface area contributed by atoms with Crippen molar-refractivity contribution in [1.82, 2.24) is 0 Å². The highest BCUT2D eigenvalue weighted by atomic mass is 28.4. The second-order valence-corrected chi connectivity index (χ2v) is 11.3. The largest absolute Gasteiger partial charge is 0.414 e. The SMILES string of the molecule is CCC=CCC(CCCCC)O[Si](C)(C)C.O=C1C=CCC1. The van der Waals surface area contributed by atoms with Gasteiger partial charge < -0.3 is 4.43 Å². The number of rotatable bonds is 9. The highest BCUT2D eigenvalue weighted by Gasteiger charge is 2.19. The standard InChI is InChI=1S/C14H30OSi.C5H6O/c1-6-8-10-12-14(13-11-9-7-2)15-16(3,4)5;6-5-3-1-2-4-5/h8,10,14H,6-7,9,11-13H2,1-5H3;1,3H,2,4H2. The lowest BCUT2D eigenvalue weighted by Gasteiger charge is -2.25. The molecule has 0 aliphatic heterocycles. The van der Waals surface area contributed by atoms with Gasteiger partial charge in [0, 0.05) is 12.5 Å². The van der Waals surface area contributed by atoms with Crippen LogP contribution in [0.4, 0.5) is 0 Å². The number of ketones is 1. The van der Waals surface area contributed by atoms with Gasteiger partial charge in [0.05, 0.1) is 0 Å². The first kappa shape index (κ1) is 21.3. The summed E-state index contributed by atoms with van der Waals surface area (Å²) in [4.78, 5) is 10.2. The second kappa shape index (κ2) is 12.8. The van der Waals surface area contributed by atoms with Crippen molar-refractivity contribution in [3.63, 3.8) is 0 Å². The number of unbranched alkanes of at least 4 members (excludes halogenated alkanes) is 2. The van der Waals surface area contributed by atoms with Gasteiger partial charge in [0.25, 0.3) is 0 Å². The van der Waals surface area contributed by atoms with E-state index in [2.05, 4.69) is 45.6 Å². The fourth-order valence-corrected chi connectivity index (χ4v) is 3.50. The fourth-order valence-electron chi connectivity index (χ4n) is 2.29. The minimum Gasteiger partial charge on any atom is -0.414 e. The molecule has 2 nitrogen and oxygen atoms in total. The van der Waals surface area contributed by atoms with Crippen LogP contribution in [0.15, 0.2) is 24.3 Å². The van der Waals surface area contributed by atoms with Crippen molar-refractivity contribution in [2.45, 2.75) is 91.0 Å². The van der Waals surface area contributed by atoms with E-state index in [-0.39, 0.29) is 5.78 Å². The molecule has 1 unspecified atom stereocenters. The van der Waals surface area contributed by atoms with Gasteiger partial charge in [-0.3, -0.25) is 4.79 Å². The lowest BCUT2D eigenvalue weighted by atomic mass is 10.1. The van der Waals surface area contributed by atoms with Crippen LogP contribution in [0.2, 0.25) is 19.6 Å². The van der Waals surface area contributed by atoms with Gasteiger partial charge in [0.2, 0.25) is 0 Å². The highest BCUT2D eigenvalue weighted by molar-refractivity contribution is 6.69. The van der Waals surface area contributed by atoms with E-state index in [1.165, 1.54) is 25.7 Å². The van der Waals surface area contributed by atoms with Crippen molar-refractivity contribution in [3.8, 4) is 0 Å². The predicted molar refractivity (Wildman–Crippen MR) is 99.8 cm³/mol. The van der Waals surface area contributed by atoms with Gasteiger partial charge in [0.15, 0.2) is 14.1 Å². The summed E-state index contributed by atoms with van der Waals surface area (Å²) >= 11 is 0. The van der Waals surface area contributed by atoms with Gasteiger partial charge in [-0.2, -0.15) is 0 Å². The minimum absolute atomic E-state index is 0.273. The Hall–Kier alpha value is -0.673. The Morgan fingerprint density at radius 2 is 1.95 bits per heavy atom. The van der Waals surface area contributed by atoms with Crippen LogP contribution in [-0.4, -0.2) is 20.2 Å². The van der Waals surface area contributed by atoms with Crippen molar-refractivity contribution in [3.05, 3.63) is 24.3 Å². The van der Waals surface area contributed by atoms with Crippen LogP contribution in [0.5, 0.6) is 0 Å². The third-order valence-electron chi connectivity index (χ3n) is 3.31. The molecular formula is C19H36O2Si. The first-order valence-corrected chi connectivity index (χ1v) is 12.3. The first-order chi connectivity index (χ1) is 10.4. The van der Waals surface area contributed by atoms with E-state index in [0.717, 1.165) is 25.7 Å². The third-order valence-corrected chi connectivity index (χ3v) is 4.35. The lowest BCUT2D eigenvalue weighted by molar-refractivity contribution is -0.114. The molecule has 3 heteroatoms. The van der Waals surface area contributed by atoms with Crippen molar-refractivity contribution in [2.75, 3.05) is 0 Å². The van der Waals surface area contributed by atoms with Gasteiger partial charge in [-0.1, -0.05) is 51.3 Å². The van der Waals surface area contributed by atoms with E-state index in [9.17, 15) is 4.79 Å². The van der Waals surface area contributed by atoms with Crippen LogP contribution in [0, 0.1) is 0 Å². The maximum Gasteiger partial charge on any atom is 0.184 e. The molecule has 0 amide bonds. The van der Waals surface area contributed by atoms with Crippen LogP contribution in [0.1, 0.15) is 65.2 Å². The van der Waals surface area contributed by atoms with E-state index in [1.54, 1.807) is 6.08 Å². The number of hydrogen-bond acceptors (Lipinski definition) is 2. The zero-order chi connectivity index (χ0) is 16.8. The van der Waals surface area contributed by atoms with Crippen LogP contribution < -0.4 is 0 Å². The monoisotopic (exact) mass is 324 g/mol. The van der Waals surface area contributed by atoms with Crippen molar-refractivity contribution in [1.29, 1.82) is 0 Å². The van der Waals surface area contributed by atoms with Gasteiger partial charge in [-0.15, -0.1) is 0 Å². The lowest BCUT2D eigenvalue weighted by Crippen LogP contribution is -2.31. The molecule has 128 valence electrons. The minimum atomic E-state index is -1.37. The highest BCUT2D eigenvalue weighted by Crippen LogP contribution is 2.16. The normalized spacial score (nSPS) is 16.0. The van der Waals surface area contributed by atoms with Crippen molar-refractivity contribution >= 4 is 14.1 Å². The summed E-state index contributed by atoms with van der Waals surface area (Å²) in [5.74, 6) is 0.273. The quantitative estimate of drug-likeness (QED) is 0.293. The topological polar surface area (TPSA) is 26.3 Å². The molecule has 0 spiro atoms. The first-order valence-electron chi connectivity index (χ1n) is 8.91. The maximum absolute atomic E-state index is 10.2. The van der Waals surface area contributed by atoms with Gasteiger partial charge in [-0.25, -0.2) is 0 Å². The molecule has 0 aromatic rings. The molecule has 0 aromatic carbocycles. The molecule has 0 bridgehead atoms. The van der Waals surface area contributed by atoms with Crippen LogP contribution in [-0.2, 0) is 9.22 Å². The number of hydrogen-bond donors (Lipinski definition) is 0. The zero-order valence-corrected chi connectivity index (χ0v) is 16.4. The van der Waals surface area contributed by atoms with Gasteiger partial charge in [0.1, 0.15) is 0 Å². The molecule has 0 saturated carbocycles.